The van der Waals surface area contributed by atoms with E-state index in [1.165, 1.54) is 11.1 Å². The van der Waals surface area contributed by atoms with Gasteiger partial charge in [0.15, 0.2) is 0 Å². The maximum atomic E-state index is 12.9. The van der Waals surface area contributed by atoms with Gasteiger partial charge in [-0.15, -0.1) is 0 Å². The molecule has 2 amide bonds. The van der Waals surface area contributed by atoms with E-state index in [4.69, 9.17) is 0 Å². The van der Waals surface area contributed by atoms with Crippen molar-refractivity contribution in [1.82, 2.24) is 10.2 Å². The summed E-state index contributed by atoms with van der Waals surface area (Å²) in [5, 5.41) is 2.89. The minimum absolute atomic E-state index is 0.0666. The van der Waals surface area contributed by atoms with Gasteiger partial charge in [-0.2, -0.15) is 0 Å². The maximum Gasteiger partial charge on any atom is 0.251 e. The lowest BCUT2D eigenvalue weighted by molar-refractivity contribution is -0.131. The number of aryl methyl sites for hydroxylation is 1. The van der Waals surface area contributed by atoms with Gasteiger partial charge in [0, 0.05) is 31.6 Å². The number of rotatable bonds is 10. The van der Waals surface area contributed by atoms with Crippen LogP contribution in [0.5, 0.6) is 0 Å². The molecule has 4 nitrogen and oxygen atoms in total. The molecule has 0 aliphatic rings. The largest absolute Gasteiger partial charge is 0.352 e. The Bertz CT molecular complexity index is 927. The molecule has 0 heterocycles. The van der Waals surface area contributed by atoms with Gasteiger partial charge in [-0.1, -0.05) is 78.9 Å². The summed E-state index contributed by atoms with van der Waals surface area (Å²) in [5.74, 6) is -0.0667. The van der Waals surface area contributed by atoms with E-state index in [1.807, 2.05) is 66.4 Å². The molecule has 31 heavy (non-hydrogen) atoms. The van der Waals surface area contributed by atoms with Crippen LogP contribution in [0.1, 0.15) is 33.5 Å². The van der Waals surface area contributed by atoms with Crippen molar-refractivity contribution in [2.45, 2.75) is 26.2 Å². The molecule has 0 aromatic heterocycles. The van der Waals surface area contributed by atoms with Crippen LogP contribution in [-0.2, 0) is 17.6 Å². The first-order valence-corrected chi connectivity index (χ1v) is 10.8. The van der Waals surface area contributed by atoms with E-state index in [2.05, 4.69) is 29.6 Å². The summed E-state index contributed by atoms with van der Waals surface area (Å²) >= 11 is 0. The van der Waals surface area contributed by atoms with Crippen LogP contribution in [0.15, 0.2) is 84.9 Å². The van der Waals surface area contributed by atoms with Crippen molar-refractivity contribution in [3.05, 3.63) is 107 Å². The predicted octanol–water partition coefficient (Wildman–Crippen LogP) is 4.43. The fourth-order valence-corrected chi connectivity index (χ4v) is 3.54. The van der Waals surface area contributed by atoms with Gasteiger partial charge in [-0.3, -0.25) is 9.59 Å². The molecule has 160 valence electrons. The smallest absolute Gasteiger partial charge is 0.251 e. The number of amides is 2. The Morgan fingerprint density at radius 3 is 1.81 bits per heavy atom. The van der Waals surface area contributed by atoms with E-state index in [-0.39, 0.29) is 11.8 Å². The second-order valence-corrected chi connectivity index (χ2v) is 7.67. The molecular weight excluding hydrogens is 384 g/mol. The summed E-state index contributed by atoms with van der Waals surface area (Å²) in [7, 11) is 0. The van der Waals surface area contributed by atoms with Crippen molar-refractivity contribution in [3.63, 3.8) is 0 Å². The normalized spacial score (nSPS) is 10.5. The summed E-state index contributed by atoms with van der Waals surface area (Å²) in [6.45, 7) is 3.58. The molecule has 4 heteroatoms. The van der Waals surface area contributed by atoms with Crippen molar-refractivity contribution in [1.29, 1.82) is 0 Å². The zero-order valence-corrected chi connectivity index (χ0v) is 18.1. The first-order chi connectivity index (χ1) is 15.1. The van der Waals surface area contributed by atoms with Crippen molar-refractivity contribution in [2.75, 3.05) is 19.6 Å². The zero-order chi connectivity index (χ0) is 21.9. The van der Waals surface area contributed by atoms with E-state index in [0.717, 1.165) is 18.4 Å². The lowest BCUT2D eigenvalue weighted by atomic mass is 10.1. The van der Waals surface area contributed by atoms with Gasteiger partial charge in [0.05, 0.1) is 0 Å². The average Bonchev–Trinajstić information content (AvgIpc) is 2.80. The molecule has 0 unspecified atom stereocenters. The Morgan fingerprint density at radius 1 is 0.742 bits per heavy atom. The molecule has 3 rings (SSSR count). The summed E-state index contributed by atoms with van der Waals surface area (Å²) < 4.78 is 0. The highest BCUT2D eigenvalue weighted by Crippen LogP contribution is 2.08. The Hall–Kier alpha value is -3.40. The molecule has 0 aliphatic heterocycles. The standard InChI is InChI=1S/C27H30N2O2/c1-22-10-8-9-15-25(22)27(31)28-19-16-26(30)29(20-17-23-11-4-2-5-12-23)21-18-24-13-6-3-7-14-24/h2-15H,16-21H2,1H3,(H,28,31). The molecule has 3 aromatic carbocycles. The van der Waals surface area contributed by atoms with Crippen molar-refractivity contribution in [2.24, 2.45) is 0 Å². The Labute approximate surface area is 184 Å². The van der Waals surface area contributed by atoms with Crippen LogP contribution < -0.4 is 5.32 Å². The average molecular weight is 415 g/mol. The third-order valence-corrected chi connectivity index (χ3v) is 5.39. The maximum absolute atomic E-state index is 12.9. The van der Waals surface area contributed by atoms with Gasteiger partial charge in [0.25, 0.3) is 5.91 Å². The van der Waals surface area contributed by atoms with Crippen molar-refractivity contribution >= 4 is 11.8 Å². The second-order valence-electron chi connectivity index (χ2n) is 7.67. The number of hydrogen-bond acceptors (Lipinski definition) is 2. The molecule has 0 spiro atoms. The van der Waals surface area contributed by atoms with E-state index >= 15 is 0 Å². The van der Waals surface area contributed by atoms with Crippen molar-refractivity contribution in [3.8, 4) is 0 Å². The second kappa shape index (κ2) is 11.7. The number of hydrogen-bond donors (Lipinski definition) is 1. The number of benzene rings is 3. The summed E-state index contributed by atoms with van der Waals surface area (Å²) in [6.07, 6.45) is 1.93. The highest BCUT2D eigenvalue weighted by molar-refractivity contribution is 5.95. The number of carbonyl (C=O) groups is 2. The van der Waals surface area contributed by atoms with E-state index in [1.54, 1.807) is 6.07 Å². The Morgan fingerprint density at radius 2 is 1.26 bits per heavy atom. The van der Waals surface area contributed by atoms with E-state index in [9.17, 15) is 9.59 Å². The van der Waals surface area contributed by atoms with Crippen LogP contribution in [0.2, 0.25) is 0 Å². The molecule has 3 aromatic rings. The topological polar surface area (TPSA) is 49.4 Å². The molecule has 0 fully saturated rings. The molecule has 0 bridgehead atoms. The van der Waals surface area contributed by atoms with Gasteiger partial charge < -0.3 is 10.2 Å². The van der Waals surface area contributed by atoms with Gasteiger partial charge in [0.2, 0.25) is 5.91 Å². The van der Waals surface area contributed by atoms with Crippen LogP contribution in [0.3, 0.4) is 0 Å². The third kappa shape index (κ3) is 7.10. The molecule has 0 aliphatic carbocycles. The van der Waals surface area contributed by atoms with E-state index < -0.39 is 0 Å². The lowest BCUT2D eigenvalue weighted by Crippen LogP contribution is -2.37. The molecular formula is C27H30N2O2. The molecule has 0 saturated carbocycles. The number of nitrogens with zero attached hydrogens (tertiary/aromatic N) is 1. The van der Waals surface area contributed by atoms with Crippen LogP contribution in [0.4, 0.5) is 0 Å². The molecule has 0 radical (unpaired) electrons. The minimum atomic E-state index is -0.133. The highest BCUT2D eigenvalue weighted by atomic mass is 16.2. The van der Waals surface area contributed by atoms with Crippen LogP contribution >= 0.6 is 0 Å². The van der Waals surface area contributed by atoms with Gasteiger partial charge in [-0.25, -0.2) is 0 Å². The SMILES string of the molecule is Cc1ccccc1C(=O)NCCC(=O)N(CCc1ccccc1)CCc1ccccc1. The third-order valence-electron chi connectivity index (χ3n) is 5.39. The Balaban J connectivity index is 1.55. The van der Waals surface area contributed by atoms with Crippen molar-refractivity contribution < 1.29 is 9.59 Å². The summed E-state index contributed by atoms with van der Waals surface area (Å²) in [5.41, 5.74) is 4.01. The number of nitrogens with one attached hydrogen (secondary N) is 1. The van der Waals surface area contributed by atoms with Crippen LogP contribution in [0, 0.1) is 6.92 Å². The van der Waals surface area contributed by atoms with Gasteiger partial charge in [-0.05, 0) is 42.5 Å². The summed E-state index contributed by atoms with van der Waals surface area (Å²) in [4.78, 5) is 27.3. The van der Waals surface area contributed by atoms with Gasteiger partial charge >= 0.3 is 0 Å². The lowest BCUT2D eigenvalue weighted by Gasteiger charge is -2.23. The van der Waals surface area contributed by atoms with Crippen LogP contribution in [0.25, 0.3) is 0 Å². The summed E-state index contributed by atoms with van der Waals surface area (Å²) in [6, 6.07) is 27.9. The monoisotopic (exact) mass is 414 g/mol. The minimum Gasteiger partial charge on any atom is -0.352 e. The molecule has 0 atom stereocenters. The Kier molecular flexibility index (Phi) is 8.41. The molecule has 1 N–H and O–H groups in total. The highest BCUT2D eigenvalue weighted by Gasteiger charge is 2.15. The quantitative estimate of drug-likeness (QED) is 0.534. The fourth-order valence-electron chi connectivity index (χ4n) is 3.54. The van der Waals surface area contributed by atoms with E-state index in [0.29, 0.717) is 31.6 Å². The fraction of sp³-hybridized carbons (Fsp3) is 0.259. The first kappa shape index (κ1) is 22.3. The number of carbonyl (C=O) groups excluding carboxylic acids is 2. The van der Waals surface area contributed by atoms with Crippen LogP contribution in [-0.4, -0.2) is 36.3 Å². The molecule has 0 saturated heterocycles. The predicted molar refractivity (Wildman–Crippen MR) is 125 cm³/mol. The van der Waals surface area contributed by atoms with Gasteiger partial charge in [0.1, 0.15) is 0 Å². The first-order valence-electron chi connectivity index (χ1n) is 10.8. The zero-order valence-electron chi connectivity index (χ0n) is 18.1.